The van der Waals surface area contributed by atoms with E-state index >= 15 is 0 Å². The van der Waals surface area contributed by atoms with Crippen molar-refractivity contribution in [2.75, 3.05) is 48.6 Å². The van der Waals surface area contributed by atoms with E-state index in [4.69, 9.17) is 0 Å². The molecule has 0 atom stereocenters. The van der Waals surface area contributed by atoms with E-state index in [1.807, 2.05) is 86.5 Å². The first-order valence-corrected chi connectivity index (χ1v) is 8.99. The van der Waals surface area contributed by atoms with Gasteiger partial charge in [-0.2, -0.15) is 0 Å². The van der Waals surface area contributed by atoms with Gasteiger partial charge in [0.2, 0.25) is 11.8 Å². The minimum absolute atomic E-state index is 0.0873. The molecule has 0 saturated heterocycles. The lowest BCUT2D eigenvalue weighted by atomic mass is 10.2. The number of benzene rings is 2. The Bertz CT molecular complexity index is 687. The smallest absolute Gasteiger partial charge is 0.224 e. The van der Waals surface area contributed by atoms with Crippen molar-refractivity contribution in [1.82, 2.24) is 0 Å². The summed E-state index contributed by atoms with van der Waals surface area (Å²) in [5.74, 6) is -0.175. The van der Waals surface area contributed by atoms with Crippen LogP contribution in [0.4, 0.5) is 22.7 Å². The molecule has 2 aromatic carbocycles. The Labute approximate surface area is 161 Å². The van der Waals surface area contributed by atoms with Crippen LogP contribution >= 0.6 is 0 Å². The van der Waals surface area contributed by atoms with Crippen molar-refractivity contribution in [3.05, 3.63) is 48.5 Å². The van der Waals surface area contributed by atoms with E-state index in [-0.39, 0.29) is 11.8 Å². The highest BCUT2D eigenvalue weighted by Crippen LogP contribution is 2.17. The van der Waals surface area contributed by atoms with Crippen molar-refractivity contribution < 1.29 is 9.59 Å². The Morgan fingerprint density at radius 1 is 0.667 bits per heavy atom. The molecule has 0 aromatic heterocycles. The van der Waals surface area contributed by atoms with Crippen LogP contribution in [0.25, 0.3) is 0 Å². The van der Waals surface area contributed by atoms with Gasteiger partial charge in [0.15, 0.2) is 0 Å². The number of hydrogen-bond acceptors (Lipinski definition) is 4. The summed E-state index contributed by atoms with van der Waals surface area (Å²) in [4.78, 5) is 28.0. The minimum atomic E-state index is -0.0873. The normalized spacial score (nSPS) is 10.2. The van der Waals surface area contributed by atoms with Crippen molar-refractivity contribution >= 4 is 34.6 Å². The largest absolute Gasteiger partial charge is 0.378 e. The highest BCUT2D eigenvalue weighted by atomic mass is 16.2. The zero-order chi connectivity index (χ0) is 19.8. The van der Waals surface area contributed by atoms with Gasteiger partial charge in [-0.05, 0) is 55.0 Å². The monoisotopic (exact) mass is 368 g/mol. The van der Waals surface area contributed by atoms with Gasteiger partial charge in [0.05, 0.1) is 0 Å². The Balaban J connectivity index is 1.71. The van der Waals surface area contributed by atoms with Gasteiger partial charge in [-0.15, -0.1) is 0 Å². The summed E-state index contributed by atoms with van der Waals surface area (Å²) in [5, 5.41) is 5.71. The Kier molecular flexibility index (Phi) is 7.23. The zero-order valence-corrected chi connectivity index (χ0v) is 16.5. The fourth-order valence-electron chi connectivity index (χ4n) is 2.54. The molecule has 144 valence electrons. The Morgan fingerprint density at radius 2 is 1.00 bits per heavy atom. The van der Waals surface area contributed by atoms with E-state index in [0.29, 0.717) is 19.3 Å². The molecule has 0 aliphatic rings. The summed E-state index contributed by atoms with van der Waals surface area (Å²) in [6.45, 7) is 0. The predicted octanol–water partition coefficient (Wildman–Crippen LogP) is 3.57. The van der Waals surface area contributed by atoms with Crippen LogP contribution in [-0.4, -0.2) is 40.0 Å². The third kappa shape index (κ3) is 6.66. The van der Waals surface area contributed by atoms with Gasteiger partial charge < -0.3 is 20.4 Å². The van der Waals surface area contributed by atoms with Crippen LogP contribution in [0, 0.1) is 0 Å². The third-order valence-corrected chi connectivity index (χ3v) is 4.14. The van der Waals surface area contributed by atoms with Crippen molar-refractivity contribution in [3.8, 4) is 0 Å². The molecule has 2 amide bonds. The van der Waals surface area contributed by atoms with Crippen LogP contribution in [0.2, 0.25) is 0 Å². The van der Waals surface area contributed by atoms with Gasteiger partial charge in [-0.25, -0.2) is 0 Å². The first kappa shape index (κ1) is 20.3. The molecule has 6 nitrogen and oxygen atoms in total. The fourth-order valence-corrected chi connectivity index (χ4v) is 2.54. The van der Waals surface area contributed by atoms with Crippen LogP contribution < -0.4 is 20.4 Å². The van der Waals surface area contributed by atoms with Crippen LogP contribution in [-0.2, 0) is 9.59 Å². The van der Waals surface area contributed by atoms with E-state index in [0.717, 1.165) is 22.7 Å². The number of amides is 2. The second-order valence-corrected chi connectivity index (χ2v) is 6.83. The number of nitrogens with zero attached hydrogens (tertiary/aromatic N) is 2. The highest BCUT2D eigenvalue weighted by molar-refractivity contribution is 5.93. The lowest BCUT2D eigenvalue weighted by molar-refractivity contribution is -0.117. The van der Waals surface area contributed by atoms with Crippen LogP contribution in [0.15, 0.2) is 48.5 Å². The van der Waals surface area contributed by atoms with Crippen molar-refractivity contribution in [1.29, 1.82) is 0 Å². The Morgan fingerprint density at radius 3 is 1.30 bits per heavy atom. The van der Waals surface area contributed by atoms with Crippen molar-refractivity contribution in [3.63, 3.8) is 0 Å². The Hall–Kier alpha value is -3.02. The fraction of sp³-hybridized carbons (Fsp3) is 0.333. The number of anilines is 4. The number of carbonyl (C=O) groups excluding carboxylic acids is 2. The summed E-state index contributed by atoms with van der Waals surface area (Å²) >= 11 is 0. The van der Waals surface area contributed by atoms with E-state index < -0.39 is 0 Å². The van der Waals surface area contributed by atoms with Gasteiger partial charge in [0, 0.05) is 63.8 Å². The lowest BCUT2D eigenvalue weighted by Gasteiger charge is -2.13. The van der Waals surface area contributed by atoms with E-state index in [9.17, 15) is 9.59 Å². The molecule has 0 radical (unpaired) electrons. The third-order valence-electron chi connectivity index (χ3n) is 4.14. The first-order valence-electron chi connectivity index (χ1n) is 8.99. The number of rotatable bonds is 8. The lowest BCUT2D eigenvalue weighted by Crippen LogP contribution is -2.15. The maximum Gasteiger partial charge on any atom is 0.224 e. The molecule has 6 heteroatoms. The second kappa shape index (κ2) is 9.62. The average Bonchev–Trinajstić information content (AvgIpc) is 2.62. The molecule has 0 fully saturated rings. The molecule has 0 heterocycles. The first-order chi connectivity index (χ1) is 12.8. The summed E-state index contributed by atoms with van der Waals surface area (Å²) in [6.07, 6.45) is 1.12. The quantitative estimate of drug-likeness (QED) is 0.748. The molecule has 27 heavy (non-hydrogen) atoms. The van der Waals surface area contributed by atoms with Crippen molar-refractivity contribution in [2.45, 2.75) is 19.3 Å². The van der Waals surface area contributed by atoms with Gasteiger partial charge in [-0.1, -0.05) is 0 Å². The predicted molar refractivity (Wildman–Crippen MR) is 113 cm³/mol. The molecule has 0 aliphatic heterocycles. The second-order valence-electron chi connectivity index (χ2n) is 6.83. The van der Waals surface area contributed by atoms with Crippen LogP contribution in [0.5, 0.6) is 0 Å². The summed E-state index contributed by atoms with van der Waals surface area (Å²) in [5.41, 5.74) is 3.67. The summed E-state index contributed by atoms with van der Waals surface area (Å²) < 4.78 is 0. The van der Waals surface area contributed by atoms with Gasteiger partial charge in [-0.3, -0.25) is 9.59 Å². The number of hydrogen-bond donors (Lipinski definition) is 2. The number of carbonyl (C=O) groups is 2. The molecular weight excluding hydrogens is 340 g/mol. The van der Waals surface area contributed by atoms with E-state index in [1.54, 1.807) is 0 Å². The molecule has 0 unspecified atom stereocenters. The molecule has 2 rings (SSSR count). The summed E-state index contributed by atoms with van der Waals surface area (Å²) in [7, 11) is 7.87. The number of nitrogens with one attached hydrogen (secondary N) is 2. The molecule has 0 saturated carbocycles. The van der Waals surface area contributed by atoms with Gasteiger partial charge >= 0.3 is 0 Å². The average molecular weight is 368 g/mol. The van der Waals surface area contributed by atoms with E-state index in [2.05, 4.69) is 10.6 Å². The minimum Gasteiger partial charge on any atom is -0.378 e. The molecular formula is C21H28N4O2. The maximum atomic E-state index is 12.0. The zero-order valence-electron chi connectivity index (χ0n) is 16.5. The molecule has 2 aromatic rings. The highest BCUT2D eigenvalue weighted by Gasteiger charge is 2.07. The summed E-state index contributed by atoms with van der Waals surface area (Å²) in [6, 6.07) is 15.3. The van der Waals surface area contributed by atoms with E-state index in [1.165, 1.54) is 0 Å². The molecule has 0 aliphatic carbocycles. The molecule has 0 bridgehead atoms. The molecule has 0 spiro atoms. The van der Waals surface area contributed by atoms with Crippen LogP contribution in [0.1, 0.15) is 19.3 Å². The van der Waals surface area contributed by atoms with Gasteiger partial charge in [0.1, 0.15) is 0 Å². The SMILES string of the molecule is CN(C)c1ccc(NC(=O)CCCC(=O)Nc2ccc(N(C)C)cc2)cc1. The topological polar surface area (TPSA) is 64.7 Å². The van der Waals surface area contributed by atoms with Crippen LogP contribution in [0.3, 0.4) is 0 Å². The van der Waals surface area contributed by atoms with Crippen molar-refractivity contribution in [2.24, 2.45) is 0 Å². The van der Waals surface area contributed by atoms with Gasteiger partial charge in [0.25, 0.3) is 0 Å². The molecule has 2 N–H and O–H groups in total. The maximum absolute atomic E-state index is 12.0. The standard InChI is InChI=1S/C21H28N4O2/c1-24(2)18-12-8-16(9-13-18)22-20(26)6-5-7-21(27)23-17-10-14-19(15-11-17)25(3)4/h8-15H,5-7H2,1-4H3,(H,22,26)(H,23,27).